The summed E-state index contributed by atoms with van der Waals surface area (Å²) in [5.41, 5.74) is 0. The largest absolute Gasteiger partial charge is 0.341 e. The minimum atomic E-state index is -0.215. The molecule has 112 valence electrons. The van der Waals surface area contributed by atoms with E-state index in [9.17, 15) is 4.79 Å². The van der Waals surface area contributed by atoms with Crippen LogP contribution in [0.2, 0.25) is 0 Å². The molecule has 2 unspecified atom stereocenters. The van der Waals surface area contributed by atoms with E-state index in [0.717, 1.165) is 32.6 Å². The van der Waals surface area contributed by atoms with Crippen LogP contribution in [-0.2, 0) is 4.79 Å². The molecular formula is C15H26N4O. The van der Waals surface area contributed by atoms with Gasteiger partial charge in [-0.2, -0.15) is 5.10 Å². The first kappa shape index (κ1) is 15.0. The van der Waals surface area contributed by atoms with E-state index in [2.05, 4.69) is 17.3 Å². The Morgan fingerprint density at radius 2 is 2.45 bits per heavy atom. The Bertz CT molecular complexity index is 398. The Labute approximate surface area is 121 Å². The summed E-state index contributed by atoms with van der Waals surface area (Å²) in [4.78, 5) is 14.7. The molecule has 2 rings (SSSR count). The van der Waals surface area contributed by atoms with Gasteiger partial charge in [-0.1, -0.05) is 6.92 Å². The molecule has 0 saturated carbocycles. The molecular weight excluding hydrogens is 252 g/mol. The zero-order valence-electron chi connectivity index (χ0n) is 12.6. The summed E-state index contributed by atoms with van der Waals surface area (Å²) in [5, 5.41) is 7.61. The van der Waals surface area contributed by atoms with Gasteiger partial charge in [0.2, 0.25) is 5.91 Å². The molecule has 1 aromatic rings. The zero-order valence-corrected chi connectivity index (χ0v) is 12.6. The van der Waals surface area contributed by atoms with Crippen molar-refractivity contribution in [3.8, 4) is 0 Å². The minimum absolute atomic E-state index is 0.182. The summed E-state index contributed by atoms with van der Waals surface area (Å²) in [7, 11) is 0. The van der Waals surface area contributed by atoms with Crippen LogP contribution < -0.4 is 5.32 Å². The van der Waals surface area contributed by atoms with Crippen LogP contribution in [0.25, 0.3) is 0 Å². The molecule has 1 saturated heterocycles. The highest BCUT2D eigenvalue weighted by molar-refractivity contribution is 5.80. The van der Waals surface area contributed by atoms with E-state index in [1.807, 2.05) is 24.1 Å². The average molecular weight is 278 g/mol. The van der Waals surface area contributed by atoms with Gasteiger partial charge >= 0.3 is 0 Å². The standard InChI is InChI=1S/C15H26N4O/c1-3-9-18(12-14-6-4-7-16-11-14)15(20)13(2)19-10-5-8-17-19/h5,8,10,13-14,16H,3-4,6-7,9,11-12H2,1-2H3. The van der Waals surface area contributed by atoms with Gasteiger partial charge in [0.05, 0.1) is 0 Å². The third-order valence-corrected chi connectivity index (χ3v) is 3.96. The Balaban J connectivity index is 1.97. The van der Waals surface area contributed by atoms with Crippen molar-refractivity contribution in [2.75, 3.05) is 26.2 Å². The summed E-state index contributed by atoms with van der Waals surface area (Å²) in [6.07, 6.45) is 7.01. The Morgan fingerprint density at radius 3 is 3.05 bits per heavy atom. The number of hydrogen-bond acceptors (Lipinski definition) is 3. The Morgan fingerprint density at radius 1 is 1.60 bits per heavy atom. The SMILES string of the molecule is CCCN(CC1CCCNC1)C(=O)C(C)n1cccn1. The van der Waals surface area contributed by atoms with E-state index in [4.69, 9.17) is 0 Å². The average Bonchev–Trinajstić information content (AvgIpc) is 3.00. The molecule has 1 amide bonds. The van der Waals surface area contributed by atoms with Gasteiger partial charge in [-0.25, -0.2) is 0 Å². The second-order valence-corrected chi connectivity index (χ2v) is 5.66. The highest BCUT2D eigenvalue weighted by Crippen LogP contribution is 2.15. The minimum Gasteiger partial charge on any atom is -0.341 e. The van der Waals surface area contributed by atoms with E-state index < -0.39 is 0 Å². The van der Waals surface area contributed by atoms with Crippen LogP contribution in [0.4, 0.5) is 0 Å². The second-order valence-electron chi connectivity index (χ2n) is 5.66. The molecule has 1 aliphatic rings. The lowest BCUT2D eigenvalue weighted by atomic mass is 9.98. The summed E-state index contributed by atoms with van der Waals surface area (Å²) in [5.74, 6) is 0.769. The molecule has 1 aliphatic heterocycles. The van der Waals surface area contributed by atoms with Gasteiger partial charge in [-0.15, -0.1) is 0 Å². The fourth-order valence-corrected chi connectivity index (χ4v) is 2.84. The fraction of sp³-hybridized carbons (Fsp3) is 0.733. The number of carbonyl (C=O) groups excluding carboxylic acids is 1. The van der Waals surface area contributed by atoms with Gasteiger partial charge in [0.1, 0.15) is 6.04 Å². The molecule has 1 N–H and O–H groups in total. The fourth-order valence-electron chi connectivity index (χ4n) is 2.84. The maximum atomic E-state index is 12.6. The second kappa shape index (κ2) is 7.43. The third kappa shape index (κ3) is 3.82. The van der Waals surface area contributed by atoms with Crippen molar-refractivity contribution in [3.63, 3.8) is 0 Å². The molecule has 5 heteroatoms. The van der Waals surface area contributed by atoms with Gasteiger partial charge in [-0.05, 0) is 51.3 Å². The summed E-state index contributed by atoms with van der Waals surface area (Å²) in [6, 6.07) is 1.65. The normalized spacial score (nSPS) is 20.6. The first-order valence-electron chi connectivity index (χ1n) is 7.71. The molecule has 1 aromatic heterocycles. The van der Waals surface area contributed by atoms with E-state index >= 15 is 0 Å². The van der Waals surface area contributed by atoms with Crippen LogP contribution in [0.3, 0.4) is 0 Å². The number of hydrogen-bond donors (Lipinski definition) is 1. The molecule has 0 radical (unpaired) electrons. The molecule has 0 spiro atoms. The highest BCUT2D eigenvalue weighted by atomic mass is 16.2. The Hall–Kier alpha value is -1.36. The van der Waals surface area contributed by atoms with Crippen molar-refractivity contribution in [2.24, 2.45) is 5.92 Å². The number of aromatic nitrogens is 2. The number of rotatable bonds is 6. The van der Waals surface area contributed by atoms with Gasteiger partial charge in [0, 0.05) is 25.5 Å². The summed E-state index contributed by atoms with van der Waals surface area (Å²) < 4.78 is 1.74. The lowest BCUT2D eigenvalue weighted by molar-refractivity contribution is -0.135. The maximum Gasteiger partial charge on any atom is 0.247 e. The number of nitrogens with zero attached hydrogens (tertiary/aromatic N) is 3. The number of amides is 1. The quantitative estimate of drug-likeness (QED) is 0.861. The Kier molecular flexibility index (Phi) is 5.59. The first-order valence-corrected chi connectivity index (χ1v) is 7.71. The van der Waals surface area contributed by atoms with E-state index in [0.29, 0.717) is 5.92 Å². The predicted octanol–water partition coefficient (Wildman–Crippen LogP) is 1.68. The number of carbonyl (C=O) groups is 1. The van der Waals surface area contributed by atoms with Crippen molar-refractivity contribution >= 4 is 5.91 Å². The van der Waals surface area contributed by atoms with E-state index in [-0.39, 0.29) is 11.9 Å². The highest BCUT2D eigenvalue weighted by Gasteiger charge is 2.25. The van der Waals surface area contributed by atoms with Crippen molar-refractivity contribution in [2.45, 2.75) is 39.2 Å². The third-order valence-electron chi connectivity index (χ3n) is 3.96. The predicted molar refractivity (Wildman–Crippen MR) is 79.4 cm³/mol. The van der Waals surface area contributed by atoms with Crippen LogP contribution >= 0.6 is 0 Å². The lowest BCUT2D eigenvalue weighted by Gasteiger charge is -2.31. The monoisotopic (exact) mass is 278 g/mol. The number of piperidine rings is 1. The molecule has 2 atom stereocenters. The van der Waals surface area contributed by atoms with Crippen molar-refractivity contribution in [3.05, 3.63) is 18.5 Å². The topological polar surface area (TPSA) is 50.2 Å². The molecule has 1 fully saturated rings. The maximum absolute atomic E-state index is 12.6. The van der Waals surface area contributed by atoms with Gasteiger partial charge in [0.15, 0.2) is 0 Å². The molecule has 0 aliphatic carbocycles. The number of nitrogens with one attached hydrogen (secondary N) is 1. The summed E-state index contributed by atoms with van der Waals surface area (Å²) >= 11 is 0. The zero-order chi connectivity index (χ0) is 14.4. The molecule has 5 nitrogen and oxygen atoms in total. The first-order chi connectivity index (χ1) is 9.72. The van der Waals surface area contributed by atoms with Crippen LogP contribution in [0.5, 0.6) is 0 Å². The summed E-state index contributed by atoms with van der Waals surface area (Å²) in [6.45, 7) is 7.90. The lowest BCUT2D eigenvalue weighted by Crippen LogP contribution is -2.43. The van der Waals surface area contributed by atoms with Gasteiger partial charge in [0.25, 0.3) is 0 Å². The van der Waals surface area contributed by atoms with E-state index in [1.54, 1.807) is 10.9 Å². The van der Waals surface area contributed by atoms with Gasteiger partial charge < -0.3 is 10.2 Å². The van der Waals surface area contributed by atoms with Crippen molar-refractivity contribution in [1.82, 2.24) is 20.0 Å². The molecule has 2 heterocycles. The van der Waals surface area contributed by atoms with Gasteiger partial charge in [-0.3, -0.25) is 9.48 Å². The van der Waals surface area contributed by atoms with Crippen LogP contribution in [0.1, 0.15) is 39.2 Å². The molecule has 0 bridgehead atoms. The van der Waals surface area contributed by atoms with Crippen molar-refractivity contribution in [1.29, 1.82) is 0 Å². The van der Waals surface area contributed by atoms with Crippen molar-refractivity contribution < 1.29 is 4.79 Å². The molecule has 0 aromatic carbocycles. The van der Waals surface area contributed by atoms with Crippen LogP contribution in [-0.4, -0.2) is 46.8 Å². The smallest absolute Gasteiger partial charge is 0.247 e. The van der Waals surface area contributed by atoms with Crippen LogP contribution in [0, 0.1) is 5.92 Å². The van der Waals surface area contributed by atoms with Crippen LogP contribution in [0.15, 0.2) is 18.5 Å². The van der Waals surface area contributed by atoms with E-state index in [1.165, 1.54) is 12.8 Å². The molecule has 20 heavy (non-hydrogen) atoms.